The van der Waals surface area contributed by atoms with Gasteiger partial charge in [-0.1, -0.05) is 0 Å². The summed E-state index contributed by atoms with van der Waals surface area (Å²) in [5.41, 5.74) is 0.485. The SMILES string of the molecule is CCNc1cn2ccnc2c(OCCCC(F)(F)F)n1. The number of ether oxygens (including phenoxy) is 1. The zero-order valence-corrected chi connectivity index (χ0v) is 10.9. The normalized spacial score (nSPS) is 11.8. The summed E-state index contributed by atoms with van der Waals surface area (Å²) in [6.45, 7) is 2.55. The van der Waals surface area contributed by atoms with Crippen molar-refractivity contribution in [3.63, 3.8) is 0 Å². The summed E-state index contributed by atoms with van der Waals surface area (Å²) in [6, 6.07) is 0. The van der Waals surface area contributed by atoms with Gasteiger partial charge < -0.3 is 10.1 Å². The molecule has 0 aliphatic heterocycles. The molecule has 2 rings (SSSR count). The molecule has 0 fully saturated rings. The minimum Gasteiger partial charge on any atom is -0.475 e. The molecule has 0 saturated heterocycles. The first-order valence-electron chi connectivity index (χ1n) is 6.26. The molecule has 2 heterocycles. The number of aromatic nitrogens is 3. The molecule has 0 bridgehead atoms. The van der Waals surface area contributed by atoms with E-state index in [9.17, 15) is 13.2 Å². The number of alkyl halides is 3. The van der Waals surface area contributed by atoms with Crippen LogP contribution >= 0.6 is 0 Å². The number of nitrogens with one attached hydrogen (secondary N) is 1. The maximum atomic E-state index is 12.1. The quantitative estimate of drug-likeness (QED) is 0.830. The first kappa shape index (κ1) is 14.4. The summed E-state index contributed by atoms with van der Waals surface area (Å²) in [6.07, 6.45) is -0.0940. The van der Waals surface area contributed by atoms with Crippen LogP contribution in [0.5, 0.6) is 5.88 Å². The molecule has 8 heteroatoms. The van der Waals surface area contributed by atoms with Crippen molar-refractivity contribution in [1.82, 2.24) is 14.4 Å². The van der Waals surface area contributed by atoms with E-state index in [0.29, 0.717) is 18.0 Å². The van der Waals surface area contributed by atoms with Gasteiger partial charge in [-0.25, -0.2) is 4.98 Å². The van der Waals surface area contributed by atoms with E-state index in [2.05, 4.69) is 15.3 Å². The van der Waals surface area contributed by atoms with Gasteiger partial charge in [-0.15, -0.1) is 0 Å². The van der Waals surface area contributed by atoms with Crippen molar-refractivity contribution < 1.29 is 17.9 Å². The van der Waals surface area contributed by atoms with Crippen LogP contribution in [0.15, 0.2) is 18.6 Å². The second-order valence-electron chi connectivity index (χ2n) is 4.19. The molecule has 2 aromatic heterocycles. The molecule has 0 radical (unpaired) electrons. The number of rotatable bonds is 6. The van der Waals surface area contributed by atoms with Gasteiger partial charge in [0, 0.05) is 25.4 Å². The first-order chi connectivity index (χ1) is 9.49. The molecule has 0 amide bonds. The van der Waals surface area contributed by atoms with Gasteiger partial charge in [-0.2, -0.15) is 18.2 Å². The van der Waals surface area contributed by atoms with Gasteiger partial charge in [0.2, 0.25) is 5.65 Å². The molecular weight excluding hydrogens is 273 g/mol. The molecule has 110 valence electrons. The van der Waals surface area contributed by atoms with Crippen LogP contribution in [-0.2, 0) is 0 Å². The van der Waals surface area contributed by atoms with Crippen molar-refractivity contribution in [1.29, 1.82) is 0 Å². The van der Waals surface area contributed by atoms with Crippen molar-refractivity contribution in [3.05, 3.63) is 18.6 Å². The van der Waals surface area contributed by atoms with Gasteiger partial charge in [-0.05, 0) is 13.3 Å². The van der Waals surface area contributed by atoms with Gasteiger partial charge in [-0.3, -0.25) is 4.40 Å². The number of hydrogen-bond donors (Lipinski definition) is 1. The highest BCUT2D eigenvalue weighted by atomic mass is 19.4. The zero-order chi connectivity index (χ0) is 14.6. The highest BCUT2D eigenvalue weighted by Crippen LogP contribution is 2.22. The largest absolute Gasteiger partial charge is 0.475 e. The highest BCUT2D eigenvalue weighted by Gasteiger charge is 2.26. The van der Waals surface area contributed by atoms with E-state index < -0.39 is 12.6 Å². The van der Waals surface area contributed by atoms with Gasteiger partial charge in [0.1, 0.15) is 5.82 Å². The summed E-state index contributed by atoms with van der Waals surface area (Å²) in [5, 5.41) is 3.02. The molecule has 0 saturated carbocycles. The molecule has 0 aromatic carbocycles. The minimum atomic E-state index is -4.16. The third-order valence-electron chi connectivity index (χ3n) is 2.54. The molecule has 0 atom stereocenters. The Labute approximate surface area is 113 Å². The Hall–Kier alpha value is -1.99. The van der Waals surface area contributed by atoms with E-state index in [1.807, 2.05) is 6.92 Å². The van der Waals surface area contributed by atoms with Crippen molar-refractivity contribution in [2.75, 3.05) is 18.5 Å². The van der Waals surface area contributed by atoms with E-state index in [4.69, 9.17) is 4.74 Å². The molecular formula is C12H15F3N4O. The monoisotopic (exact) mass is 288 g/mol. The van der Waals surface area contributed by atoms with Crippen LogP contribution in [0.4, 0.5) is 19.0 Å². The van der Waals surface area contributed by atoms with Gasteiger partial charge in [0.25, 0.3) is 5.88 Å². The fourth-order valence-corrected chi connectivity index (χ4v) is 1.71. The topological polar surface area (TPSA) is 51.5 Å². The molecule has 2 aromatic rings. The minimum absolute atomic E-state index is 0.0510. The summed E-state index contributed by atoms with van der Waals surface area (Å²) >= 11 is 0. The molecule has 20 heavy (non-hydrogen) atoms. The molecule has 0 unspecified atom stereocenters. The lowest BCUT2D eigenvalue weighted by atomic mass is 10.3. The number of halogens is 3. The van der Waals surface area contributed by atoms with Crippen LogP contribution in [0, 0.1) is 0 Å². The molecule has 0 aliphatic carbocycles. The number of hydrogen-bond acceptors (Lipinski definition) is 4. The fourth-order valence-electron chi connectivity index (χ4n) is 1.71. The summed E-state index contributed by atoms with van der Waals surface area (Å²) in [4.78, 5) is 8.27. The average Bonchev–Trinajstić information content (AvgIpc) is 2.82. The Balaban J connectivity index is 2.06. The lowest BCUT2D eigenvalue weighted by molar-refractivity contribution is -0.136. The summed E-state index contributed by atoms with van der Waals surface area (Å²) in [7, 11) is 0. The van der Waals surface area contributed by atoms with Crippen LogP contribution < -0.4 is 10.1 Å². The summed E-state index contributed by atoms with van der Waals surface area (Å²) in [5.74, 6) is 0.819. The fraction of sp³-hybridized carbons (Fsp3) is 0.500. The maximum absolute atomic E-state index is 12.1. The van der Waals surface area contributed by atoms with Crippen LogP contribution in [0.25, 0.3) is 5.65 Å². The first-order valence-corrected chi connectivity index (χ1v) is 6.26. The van der Waals surface area contributed by atoms with Gasteiger partial charge in [0.05, 0.1) is 12.8 Å². The number of fused-ring (bicyclic) bond motifs is 1. The standard InChI is InChI=1S/C12H15F3N4O/c1-2-16-9-8-19-6-5-17-10(19)11(18-9)20-7-3-4-12(13,14)15/h5-6,8,16H,2-4,7H2,1H3. The third-order valence-corrected chi connectivity index (χ3v) is 2.54. The Morgan fingerprint density at radius 3 is 2.90 bits per heavy atom. The number of nitrogens with zero attached hydrogens (tertiary/aromatic N) is 3. The lowest BCUT2D eigenvalue weighted by Crippen LogP contribution is -2.11. The Morgan fingerprint density at radius 2 is 2.20 bits per heavy atom. The van der Waals surface area contributed by atoms with Gasteiger partial charge >= 0.3 is 6.18 Å². The smallest absolute Gasteiger partial charge is 0.389 e. The number of imidazole rings is 1. The second-order valence-corrected chi connectivity index (χ2v) is 4.19. The predicted octanol–water partition coefficient (Wildman–Crippen LogP) is 2.88. The van der Waals surface area contributed by atoms with Crippen LogP contribution in [0.2, 0.25) is 0 Å². The van der Waals surface area contributed by atoms with E-state index in [-0.39, 0.29) is 18.9 Å². The maximum Gasteiger partial charge on any atom is 0.389 e. The van der Waals surface area contributed by atoms with Crippen LogP contribution in [0.3, 0.4) is 0 Å². The van der Waals surface area contributed by atoms with Crippen molar-refractivity contribution in [3.8, 4) is 5.88 Å². The molecule has 0 aliphatic rings. The average molecular weight is 288 g/mol. The molecule has 1 N–H and O–H groups in total. The highest BCUT2D eigenvalue weighted by molar-refractivity contribution is 5.53. The summed E-state index contributed by atoms with van der Waals surface area (Å²) < 4.78 is 43.2. The predicted molar refractivity (Wildman–Crippen MR) is 67.9 cm³/mol. The third kappa shape index (κ3) is 3.75. The Kier molecular flexibility index (Phi) is 4.31. The van der Waals surface area contributed by atoms with E-state index in [1.165, 1.54) is 0 Å². The second kappa shape index (κ2) is 5.98. The Bertz CT molecular complexity index is 567. The zero-order valence-electron chi connectivity index (χ0n) is 10.9. The van der Waals surface area contributed by atoms with Crippen molar-refractivity contribution in [2.45, 2.75) is 25.9 Å². The van der Waals surface area contributed by atoms with Crippen molar-refractivity contribution in [2.24, 2.45) is 0 Å². The van der Waals surface area contributed by atoms with E-state index >= 15 is 0 Å². The van der Waals surface area contributed by atoms with E-state index in [1.54, 1.807) is 23.0 Å². The van der Waals surface area contributed by atoms with Gasteiger partial charge in [0.15, 0.2) is 0 Å². The molecule has 0 spiro atoms. The van der Waals surface area contributed by atoms with E-state index in [0.717, 1.165) is 0 Å². The van der Waals surface area contributed by atoms with Crippen molar-refractivity contribution >= 4 is 11.5 Å². The Morgan fingerprint density at radius 1 is 1.40 bits per heavy atom. The lowest BCUT2D eigenvalue weighted by Gasteiger charge is -2.10. The number of anilines is 1. The van der Waals surface area contributed by atoms with Crippen LogP contribution in [0.1, 0.15) is 19.8 Å². The molecule has 5 nitrogen and oxygen atoms in total. The van der Waals surface area contributed by atoms with Crippen LogP contribution in [-0.4, -0.2) is 33.7 Å².